The summed E-state index contributed by atoms with van der Waals surface area (Å²) in [4.78, 5) is 101. The predicted octanol–water partition coefficient (Wildman–Crippen LogP) is 0.187. The second kappa shape index (κ2) is 31.4. The molecule has 28 heteroatoms. The van der Waals surface area contributed by atoms with Gasteiger partial charge in [-0.25, -0.2) is 19.2 Å². The number of aromatic nitrogens is 2. The molecule has 2 saturated heterocycles. The summed E-state index contributed by atoms with van der Waals surface area (Å²) in [5.41, 5.74) is 8.98. The molecule has 0 spiro atoms. The van der Waals surface area contributed by atoms with E-state index in [1.54, 1.807) is 52.0 Å². The summed E-state index contributed by atoms with van der Waals surface area (Å²) in [5.74, 6) is -5.96. The highest BCUT2D eigenvalue weighted by atomic mass is 16.7. The quantitative estimate of drug-likeness (QED) is 0.0284. The number of guanidine groups is 1. The molecule has 0 aliphatic carbocycles. The number of hydrogen-bond donors (Lipinski definition) is 14. The molecule has 4 heterocycles. The number of H-pyrrole nitrogens is 1. The maximum Gasteiger partial charge on any atom is 0.330 e. The molecule has 91 heavy (non-hydrogen) atoms. The Balaban J connectivity index is 1.08. The van der Waals surface area contributed by atoms with Crippen LogP contribution in [-0.4, -0.2) is 195 Å². The van der Waals surface area contributed by atoms with Gasteiger partial charge in [0.05, 0.1) is 12.1 Å². The Morgan fingerprint density at radius 3 is 1.96 bits per heavy atom. The number of hydrogen-bond acceptors (Lipinski definition) is 20. The number of aliphatic hydroxyl groups excluding tert-OH is 4. The molecule has 1 aromatic heterocycles. The van der Waals surface area contributed by atoms with Gasteiger partial charge in [0, 0.05) is 57.8 Å². The lowest BCUT2D eigenvalue weighted by molar-refractivity contribution is -0.229. The van der Waals surface area contributed by atoms with Crippen LogP contribution in [0.3, 0.4) is 0 Å². The van der Waals surface area contributed by atoms with Crippen molar-refractivity contribution >= 4 is 41.4 Å². The van der Waals surface area contributed by atoms with Crippen molar-refractivity contribution in [1.29, 1.82) is 0 Å². The Morgan fingerprint density at radius 2 is 1.38 bits per heavy atom. The van der Waals surface area contributed by atoms with E-state index in [9.17, 15) is 64.2 Å². The lowest BCUT2D eigenvalue weighted by Gasteiger charge is -2.40. The number of nitrogens with one attached hydrogen (secondary N) is 7. The van der Waals surface area contributed by atoms with E-state index in [2.05, 4.69) is 41.9 Å². The minimum absolute atomic E-state index is 0.0430. The second-order valence-electron chi connectivity index (χ2n) is 23.2. The number of nitrogens with two attached hydrogens (primary N) is 1. The topological polar surface area (TPSA) is 412 Å². The lowest BCUT2D eigenvalue weighted by Crippen LogP contribution is -2.66. The molecule has 15 atom stereocenters. The molecule has 8 rings (SSSR count). The van der Waals surface area contributed by atoms with Gasteiger partial charge in [0.2, 0.25) is 11.8 Å². The van der Waals surface area contributed by atoms with Gasteiger partial charge in [-0.2, -0.15) is 0 Å². The number of carbonyl (C=O) groups is 5. The summed E-state index contributed by atoms with van der Waals surface area (Å²) in [6.45, 7) is 6.42. The van der Waals surface area contributed by atoms with E-state index in [-0.39, 0.29) is 50.7 Å². The van der Waals surface area contributed by atoms with Gasteiger partial charge in [-0.05, 0) is 64.6 Å². The fourth-order valence-corrected chi connectivity index (χ4v) is 11.3. The van der Waals surface area contributed by atoms with Crippen molar-refractivity contribution in [3.8, 4) is 22.3 Å². The molecular weight excluding hydrogens is 1180 g/mol. The molecule has 2 fully saturated rings. The van der Waals surface area contributed by atoms with Gasteiger partial charge in [0.1, 0.15) is 60.9 Å². The molecule has 15 N–H and O–H groups in total. The Labute approximate surface area is 524 Å². The number of anilines is 1. The predicted molar refractivity (Wildman–Crippen MR) is 332 cm³/mol. The summed E-state index contributed by atoms with van der Waals surface area (Å²) < 4.78 is 25.9. The minimum atomic E-state index is -2.00. The van der Waals surface area contributed by atoms with Crippen molar-refractivity contribution < 1.29 is 73.6 Å². The first-order valence-electron chi connectivity index (χ1n) is 30.0. The first-order chi connectivity index (χ1) is 43.5. The average Bonchev–Trinajstić information content (AvgIpc) is 1.69. The first kappa shape index (κ1) is 68.3. The molecule has 28 nitrogen and oxygen atoms in total. The summed E-state index contributed by atoms with van der Waals surface area (Å²) in [6, 6.07) is 26.4. The lowest BCUT2D eigenvalue weighted by atomic mass is 9.96. The number of ether oxygens (including phenoxy) is 4. The SMILES string of the molecule is CO[C@H]1C(OC(C(C(=O)O)N(CCCNC(=O)C(NC(=O)C(NC(=O)NC(C(=O)O)C(C)C)C2CCN=C(N)N2)C(O)C(C)C)c2ccc(-c3ccccc3)cc2)[C@H]2O[C@@H](n3ccc(=O)[nH]c3=O)[C@H](O)[C@@H]2O)O[C@H](CNCc2ccc(-c3ccccc3)cc2)[C@H]1O. The van der Waals surface area contributed by atoms with Crippen LogP contribution in [-0.2, 0) is 44.7 Å². The number of methoxy groups -OCH3 is 1. The monoisotopic (exact) mass is 1260 g/mol. The normalized spacial score (nSPS) is 23.4. The number of carboxylic acids is 2. The zero-order chi connectivity index (χ0) is 65.6. The molecule has 0 saturated carbocycles. The zero-order valence-corrected chi connectivity index (χ0v) is 50.9. The van der Waals surface area contributed by atoms with E-state index in [4.69, 9.17) is 24.7 Å². The van der Waals surface area contributed by atoms with Crippen molar-refractivity contribution in [2.75, 3.05) is 38.2 Å². The molecule has 5 aromatic rings. The maximum atomic E-state index is 14.4. The summed E-state index contributed by atoms with van der Waals surface area (Å²) >= 11 is 0. The number of aliphatic carboxylic acids is 2. The number of aliphatic imine (C=N–C) groups is 1. The molecule has 3 aliphatic rings. The summed E-state index contributed by atoms with van der Waals surface area (Å²) in [6.07, 6.45) is -15.1. The first-order valence-corrected chi connectivity index (χ1v) is 30.0. The molecule has 0 bridgehead atoms. The molecule has 8 unspecified atom stereocenters. The number of amides is 4. The van der Waals surface area contributed by atoms with Gasteiger partial charge >= 0.3 is 23.7 Å². The second-order valence-corrected chi connectivity index (χ2v) is 23.2. The van der Waals surface area contributed by atoms with Gasteiger partial charge in [-0.3, -0.25) is 28.9 Å². The van der Waals surface area contributed by atoms with Gasteiger partial charge in [0.25, 0.3) is 5.56 Å². The third kappa shape index (κ3) is 17.1. The summed E-state index contributed by atoms with van der Waals surface area (Å²) in [7, 11) is 1.29. The van der Waals surface area contributed by atoms with Gasteiger partial charge < -0.3 is 92.1 Å². The van der Waals surface area contributed by atoms with Crippen LogP contribution in [0.25, 0.3) is 22.3 Å². The van der Waals surface area contributed by atoms with Crippen LogP contribution in [0.15, 0.2) is 136 Å². The van der Waals surface area contributed by atoms with Crippen LogP contribution in [0.1, 0.15) is 52.3 Å². The highest BCUT2D eigenvalue weighted by Crippen LogP contribution is 2.37. The number of nitrogens with zero attached hydrogens (tertiary/aromatic N) is 3. The molecular formula is C63H81N11O17. The van der Waals surface area contributed by atoms with E-state index in [1.807, 2.05) is 84.9 Å². The number of urea groups is 1. The fourth-order valence-electron chi connectivity index (χ4n) is 11.3. The number of benzene rings is 4. The Hall–Kier alpha value is -8.58. The number of carbonyl (C=O) groups excluding carboxylic acids is 3. The molecule has 4 aromatic carbocycles. The van der Waals surface area contributed by atoms with E-state index in [0.29, 0.717) is 6.54 Å². The average molecular weight is 1260 g/mol. The standard InChI is InChI=1S/C63H81N11O17/c1-33(2)44(58(82)83)71-62(86)72-45(41-25-28-67-61(64)68-41)56(81)70-46(48(76)34(3)4)55(80)66-27-12-29-73(40-23-21-39(22-24-40)37-15-10-7-11-16-37)47(59(84)85)52(53-50(78)51(79)57(90-53)74-30-26-43(75)69-63(74)87)91-60-54(88-5)49(77)42(89-60)32-65-31-35-17-19-38(20-18-35)36-13-8-6-9-14-36/h6-11,13-24,26,30,33-34,41-42,44-54,57,60,65,76-79H,12,25,27-29,31-32H2,1-5H3,(H,66,80)(H,70,81)(H,82,83)(H,84,85)(H3,64,67,68)(H,69,75,87)(H2,71,72,86)/t41?,42-,44?,45?,46?,47?,48?,49-,50+,51-,52?,53+,54-,57-,60?/m1/s1. The fraction of sp³-hybridized carbons (Fsp3) is 0.460. The van der Waals surface area contributed by atoms with Crippen molar-refractivity contribution in [3.05, 3.63) is 148 Å². The van der Waals surface area contributed by atoms with E-state index in [1.165, 1.54) is 12.0 Å². The van der Waals surface area contributed by atoms with Crippen molar-refractivity contribution in [3.63, 3.8) is 0 Å². The molecule has 4 amide bonds. The number of aromatic amines is 1. The van der Waals surface area contributed by atoms with Crippen LogP contribution in [0.5, 0.6) is 0 Å². The zero-order valence-electron chi connectivity index (χ0n) is 50.9. The molecule has 0 radical (unpaired) electrons. The third-order valence-corrected chi connectivity index (χ3v) is 16.3. The Bertz CT molecular complexity index is 3400. The largest absolute Gasteiger partial charge is 0.480 e. The van der Waals surface area contributed by atoms with Crippen LogP contribution in [0.4, 0.5) is 10.5 Å². The van der Waals surface area contributed by atoms with Crippen LogP contribution in [0.2, 0.25) is 0 Å². The summed E-state index contributed by atoms with van der Waals surface area (Å²) in [5, 5.41) is 84.7. The third-order valence-electron chi connectivity index (χ3n) is 16.3. The number of rotatable bonds is 29. The van der Waals surface area contributed by atoms with Crippen LogP contribution >= 0.6 is 0 Å². The Morgan fingerprint density at radius 1 is 0.758 bits per heavy atom. The van der Waals surface area contributed by atoms with Gasteiger partial charge in [0.15, 0.2) is 24.5 Å². The van der Waals surface area contributed by atoms with Crippen molar-refractivity contribution in [2.24, 2.45) is 22.6 Å². The maximum absolute atomic E-state index is 14.4. The molecule has 3 aliphatic heterocycles. The number of carboxylic acid groups (broad SMARTS) is 2. The highest BCUT2D eigenvalue weighted by Gasteiger charge is 2.56. The highest BCUT2D eigenvalue weighted by molar-refractivity contribution is 5.94. The van der Waals surface area contributed by atoms with E-state index in [0.717, 1.165) is 44.6 Å². The number of aliphatic hydroxyl groups is 4. The van der Waals surface area contributed by atoms with Gasteiger partial charge in [-0.15, -0.1) is 0 Å². The van der Waals surface area contributed by atoms with Crippen LogP contribution in [0, 0.1) is 11.8 Å². The van der Waals surface area contributed by atoms with Gasteiger partial charge in [-0.1, -0.05) is 125 Å². The smallest absolute Gasteiger partial charge is 0.330 e. The van der Waals surface area contributed by atoms with Crippen molar-refractivity contribution in [1.82, 2.24) is 41.5 Å². The van der Waals surface area contributed by atoms with Crippen LogP contribution < -0.4 is 53.8 Å². The van der Waals surface area contributed by atoms with Crippen molar-refractivity contribution in [2.45, 2.75) is 139 Å². The molecule has 490 valence electrons. The Kier molecular flexibility index (Phi) is 23.6. The van der Waals surface area contributed by atoms with E-state index < -0.39 is 144 Å². The van der Waals surface area contributed by atoms with E-state index >= 15 is 0 Å². The minimum Gasteiger partial charge on any atom is -0.480 e.